The SMILES string of the molecule is C[C@@H](CC(=O)OCC(=O)N1CCNC(=O)C1)c1ccncc1. The van der Waals surface area contributed by atoms with Crippen LogP contribution in [0.1, 0.15) is 24.8 Å². The van der Waals surface area contributed by atoms with Crippen molar-refractivity contribution in [1.82, 2.24) is 15.2 Å². The highest BCUT2D eigenvalue weighted by Crippen LogP contribution is 2.18. The number of aromatic nitrogens is 1. The summed E-state index contributed by atoms with van der Waals surface area (Å²) < 4.78 is 5.01. The number of nitrogens with zero attached hydrogens (tertiary/aromatic N) is 2. The molecule has 1 fully saturated rings. The van der Waals surface area contributed by atoms with Crippen LogP contribution in [0, 0.1) is 0 Å². The van der Waals surface area contributed by atoms with Crippen LogP contribution < -0.4 is 5.32 Å². The lowest BCUT2D eigenvalue weighted by atomic mass is 9.99. The molecule has 1 atom stereocenters. The summed E-state index contributed by atoms with van der Waals surface area (Å²) in [4.78, 5) is 40.2. The Morgan fingerprint density at radius 3 is 2.82 bits per heavy atom. The predicted molar refractivity (Wildman–Crippen MR) is 77.8 cm³/mol. The molecule has 0 bridgehead atoms. The first-order valence-corrected chi connectivity index (χ1v) is 7.16. The zero-order valence-electron chi connectivity index (χ0n) is 12.4. The highest BCUT2D eigenvalue weighted by atomic mass is 16.5. The molecule has 118 valence electrons. The highest BCUT2D eigenvalue weighted by molar-refractivity contribution is 5.87. The summed E-state index contributed by atoms with van der Waals surface area (Å²) in [6.07, 6.45) is 3.53. The van der Waals surface area contributed by atoms with Crippen molar-refractivity contribution >= 4 is 17.8 Å². The molecule has 2 rings (SSSR count). The summed E-state index contributed by atoms with van der Waals surface area (Å²) in [7, 11) is 0. The smallest absolute Gasteiger partial charge is 0.306 e. The van der Waals surface area contributed by atoms with E-state index in [2.05, 4.69) is 10.3 Å². The van der Waals surface area contributed by atoms with Crippen LogP contribution in [0.5, 0.6) is 0 Å². The molecule has 1 aromatic heterocycles. The van der Waals surface area contributed by atoms with E-state index >= 15 is 0 Å². The Kier molecular flexibility index (Phi) is 5.46. The van der Waals surface area contributed by atoms with Crippen molar-refractivity contribution in [3.8, 4) is 0 Å². The number of carbonyl (C=O) groups excluding carboxylic acids is 3. The molecule has 1 aliphatic heterocycles. The van der Waals surface area contributed by atoms with E-state index in [1.54, 1.807) is 12.4 Å². The van der Waals surface area contributed by atoms with Crippen LogP contribution in [-0.4, -0.2) is 53.9 Å². The molecule has 0 aliphatic carbocycles. The van der Waals surface area contributed by atoms with Gasteiger partial charge < -0.3 is 15.0 Å². The first-order chi connectivity index (χ1) is 10.6. The van der Waals surface area contributed by atoms with Crippen molar-refractivity contribution in [3.05, 3.63) is 30.1 Å². The van der Waals surface area contributed by atoms with Crippen LogP contribution in [0.2, 0.25) is 0 Å². The molecule has 7 nitrogen and oxygen atoms in total. The second kappa shape index (κ2) is 7.53. The number of carbonyl (C=O) groups is 3. The van der Waals surface area contributed by atoms with E-state index in [9.17, 15) is 14.4 Å². The zero-order chi connectivity index (χ0) is 15.9. The fourth-order valence-corrected chi connectivity index (χ4v) is 2.20. The normalized spacial score (nSPS) is 15.9. The Hall–Kier alpha value is -2.44. The Balaban J connectivity index is 1.75. The second-order valence-electron chi connectivity index (χ2n) is 5.21. The van der Waals surface area contributed by atoms with Gasteiger partial charge in [-0.15, -0.1) is 0 Å². The largest absolute Gasteiger partial charge is 0.456 e. The van der Waals surface area contributed by atoms with E-state index in [0.717, 1.165) is 5.56 Å². The number of nitrogens with one attached hydrogen (secondary N) is 1. The monoisotopic (exact) mass is 305 g/mol. The maximum Gasteiger partial charge on any atom is 0.306 e. The van der Waals surface area contributed by atoms with Gasteiger partial charge in [-0.1, -0.05) is 6.92 Å². The fourth-order valence-electron chi connectivity index (χ4n) is 2.20. The van der Waals surface area contributed by atoms with Gasteiger partial charge in [-0.05, 0) is 23.6 Å². The van der Waals surface area contributed by atoms with Gasteiger partial charge in [0.15, 0.2) is 6.61 Å². The Morgan fingerprint density at radius 1 is 1.41 bits per heavy atom. The number of ether oxygens (including phenoxy) is 1. The third-order valence-corrected chi connectivity index (χ3v) is 3.50. The third kappa shape index (κ3) is 4.54. The molecule has 1 aliphatic rings. The summed E-state index contributed by atoms with van der Waals surface area (Å²) in [5.41, 5.74) is 0.992. The minimum absolute atomic E-state index is 0.00799. The summed E-state index contributed by atoms with van der Waals surface area (Å²) in [6.45, 7) is 2.47. The number of hydrogen-bond donors (Lipinski definition) is 1. The predicted octanol–water partition coefficient (Wildman–Crippen LogP) is 0.0768. The van der Waals surface area contributed by atoms with E-state index in [0.29, 0.717) is 13.1 Å². The quantitative estimate of drug-likeness (QED) is 0.778. The van der Waals surface area contributed by atoms with E-state index < -0.39 is 5.97 Å². The van der Waals surface area contributed by atoms with Crippen LogP contribution in [0.4, 0.5) is 0 Å². The van der Waals surface area contributed by atoms with Gasteiger partial charge in [-0.3, -0.25) is 19.4 Å². The van der Waals surface area contributed by atoms with Gasteiger partial charge in [0.25, 0.3) is 5.91 Å². The van der Waals surface area contributed by atoms with Gasteiger partial charge in [-0.2, -0.15) is 0 Å². The average Bonchev–Trinajstić information content (AvgIpc) is 2.53. The number of rotatable bonds is 5. The van der Waals surface area contributed by atoms with Gasteiger partial charge in [0.1, 0.15) is 0 Å². The molecule has 0 unspecified atom stereocenters. The molecule has 22 heavy (non-hydrogen) atoms. The zero-order valence-corrected chi connectivity index (χ0v) is 12.4. The minimum atomic E-state index is -0.431. The lowest BCUT2D eigenvalue weighted by molar-refractivity contribution is -0.153. The van der Waals surface area contributed by atoms with Crippen LogP contribution in [0.25, 0.3) is 0 Å². The number of pyridine rings is 1. The van der Waals surface area contributed by atoms with Crippen LogP contribution in [0.15, 0.2) is 24.5 Å². The molecular formula is C15H19N3O4. The Morgan fingerprint density at radius 2 is 2.14 bits per heavy atom. The van der Waals surface area contributed by atoms with Gasteiger partial charge in [0, 0.05) is 25.5 Å². The molecule has 0 aromatic carbocycles. The van der Waals surface area contributed by atoms with Gasteiger partial charge in [-0.25, -0.2) is 0 Å². The van der Waals surface area contributed by atoms with Crippen LogP contribution >= 0.6 is 0 Å². The maximum absolute atomic E-state index is 11.9. The molecule has 7 heteroatoms. The van der Waals surface area contributed by atoms with Crippen molar-refractivity contribution in [1.29, 1.82) is 0 Å². The van der Waals surface area contributed by atoms with Crippen molar-refractivity contribution in [2.75, 3.05) is 26.2 Å². The number of amides is 2. The molecule has 1 aromatic rings. The molecule has 0 saturated carbocycles. The summed E-state index contributed by atoms with van der Waals surface area (Å²) in [5.74, 6) is -0.984. The van der Waals surface area contributed by atoms with Crippen molar-refractivity contribution in [3.63, 3.8) is 0 Å². The number of piperazine rings is 1. The van der Waals surface area contributed by atoms with Crippen molar-refractivity contribution in [2.45, 2.75) is 19.3 Å². The minimum Gasteiger partial charge on any atom is -0.456 e. The van der Waals surface area contributed by atoms with Crippen molar-refractivity contribution < 1.29 is 19.1 Å². The summed E-state index contributed by atoms with van der Waals surface area (Å²) >= 11 is 0. The molecule has 1 saturated heterocycles. The Bertz CT molecular complexity index is 547. The lowest BCUT2D eigenvalue weighted by Gasteiger charge is -2.26. The van der Waals surface area contributed by atoms with Gasteiger partial charge in [0.05, 0.1) is 13.0 Å². The molecule has 1 N–H and O–H groups in total. The number of esters is 1. The average molecular weight is 305 g/mol. The molecular weight excluding hydrogens is 286 g/mol. The van der Waals surface area contributed by atoms with Crippen molar-refractivity contribution in [2.24, 2.45) is 0 Å². The maximum atomic E-state index is 11.9. The lowest BCUT2D eigenvalue weighted by Crippen LogP contribution is -2.51. The van der Waals surface area contributed by atoms with Gasteiger partial charge in [0.2, 0.25) is 5.91 Å². The topological polar surface area (TPSA) is 88.6 Å². The summed E-state index contributed by atoms with van der Waals surface area (Å²) in [6, 6.07) is 3.69. The standard InChI is InChI=1S/C15H19N3O4/c1-11(12-2-4-16-5-3-12)8-15(21)22-10-14(20)18-7-6-17-13(19)9-18/h2-5,11H,6-10H2,1H3,(H,17,19)/t11-/m0/s1. The molecule has 2 amide bonds. The first-order valence-electron chi connectivity index (χ1n) is 7.16. The van der Waals surface area contributed by atoms with Crippen LogP contribution in [-0.2, 0) is 19.1 Å². The summed E-state index contributed by atoms with van der Waals surface area (Å²) in [5, 5.41) is 2.63. The fraction of sp³-hybridized carbons (Fsp3) is 0.467. The van der Waals surface area contributed by atoms with E-state index in [1.165, 1.54) is 4.90 Å². The van der Waals surface area contributed by atoms with E-state index in [-0.39, 0.29) is 37.3 Å². The van der Waals surface area contributed by atoms with Gasteiger partial charge >= 0.3 is 5.97 Å². The number of hydrogen-bond acceptors (Lipinski definition) is 5. The van der Waals surface area contributed by atoms with Crippen LogP contribution in [0.3, 0.4) is 0 Å². The Labute approximate surface area is 128 Å². The highest BCUT2D eigenvalue weighted by Gasteiger charge is 2.22. The molecule has 2 heterocycles. The molecule has 0 radical (unpaired) electrons. The first kappa shape index (κ1) is 15.9. The van der Waals surface area contributed by atoms with E-state index in [1.807, 2.05) is 19.1 Å². The molecule has 0 spiro atoms. The third-order valence-electron chi connectivity index (χ3n) is 3.50. The van der Waals surface area contributed by atoms with E-state index in [4.69, 9.17) is 4.74 Å². The second-order valence-corrected chi connectivity index (χ2v) is 5.21.